The van der Waals surface area contributed by atoms with Crippen molar-refractivity contribution in [2.75, 3.05) is 18.2 Å². The highest BCUT2D eigenvalue weighted by atomic mass is 16.5. The Kier molecular flexibility index (Phi) is 2.26. The van der Waals surface area contributed by atoms with Crippen LogP contribution in [0.4, 0.5) is 11.4 Å². The predicted octanol–water partition coefficient (Wildman–Crippen LogP) is 1.72. The fourth-order valence-corrected chi connectivity index (χ4v) is 1.89. The molecule has 0 bridgehead atoms. The Morgan fingerprint density at radius 3 is 2.93 bits per heavy atom. The summed E-state index contributed by atoms with van der Waals surface area (Å²) in [4.78, 5) is 11.3. The fourth-order valence-electron chi connectivity index (χ4n) is 1.89. The molecule has 1 heterocycles. The monoisotopic (exact) mass is 206 g/mol. The van der Waals surface area contributed by atoms with Gasteiger partial charge in [0.2, 0.25) is 5.91 Å². The molecule has 80 valence electrons. The van der Waals surface area contributed by atoms with Crippen molar-refractivity contribution < 1.29 is 9.53 Å². The van der Waals surface area contributed by atoms with Crippen molar-refractivity contribution in [2.45, 2.75) is 19.3 Å². The van der Waals surface area contributed by atoms with Gasteiger partial charge in [0.25, 0.3) is 0 Å². The van der Waals surface area contributed by atoms with Crippen LogP contribution in [0.3, 0.4) is 0 Å². The van der Waals surface area contributed by atoms with Crippen LogP contribution < -0.4 is 15.8 Å². The summed E-state index contributed by atoms with van der Waals surface area (Å²) in [5, 5.41) is 2.81. The first-order chi connectivity index (χ1) is 7.11. The summed E-state index contributed by atoms with van der Waals surface area (Å²) in [6.45, 7) is 2.02. The molecule has 1 atom stereocenters. The number of hydrogen-bond donors (Lipinski definition) is 2. The summed E-state index contributed by atoms with van der Waals surface area (Å²) in [5.41, 5.74) is 8.20. The van der Waals surface area contributed by atoms with E-state index in [1.54, 1.807) is 13.2 Å². The zero-order chi connectivity index (χ0) is 11.0. The predicted molar refractivity (Wildman–Crippen MR) is 59.1 cm³/mol. The summed E-state index contributed by atoms with van der Waals surface area (Å²) in [6, 6.07) is 3.65. The molecule has 1 amide bonds. The van der Waals surface area contributed by atoms with Gasteiger partial charge in [0.15, 0.2) is 0 Å². The summed E-state index contributed by atoms with van der Waals surface area (Å²) >= 11 is 0. The minimum absolute atomic E-state index is 0.0413. The van der Waals surface area contributed by atoms with Crippen molar-refractivity contribution in [3.63, 3.8) is 0 Å². The maximum absolute atomic E-state index is 11.3. The van der Waals surface area contributed by atoms with Crippen molar-refractivity contribution in [1.29, 1.82) is 0 Å². The van der Waals surface area contributed by atoms with E-state index in [0.29, 0.717) is 17.9 Å². The zero-order valence-electron chi connectivity index (χ0n) is 8.83. The van der Waals surface area contributed by atoms with Crippen LogP contribution in [-0.2, 0) is 4.79 Å². The Labute approximate surface area is 88.4 Å². The second-order valence-electron chi connectivity index (χ2n) is 3.83. The molecule has 0 aromatic heterocycles. The number of carbonyl (C=O) groups excluding carboxylic acids is 1. The number of nitrogens with two attached hydrogens (primary N) is 1. The van der Waals surface area contributed by atoms with Crippen LogP contribution in [0.15, 0.2) is 12.1 Å². The van der Waals surface area contributed by atoms with Crippen molar-refractivity contribution in [1.82, 2.24) is 0 Å². The molecular weight excluding hydrogens is 192 g/mol. The molecule has 0 saturated carbocycles. The molecule has 0 spiro atoms. The zero-order valence-corrected chi connectivity index (χ0v) is 8.83. The number of benzene rings is 1. The maximum Gasteiger partial charge on any atom is 0.224 e. The van der Waals surface area contributed by atoms with E-state index in [0.717, 1.165) is 11.3 Å². The number of hydrogen-bond acceptors (Lipinski definition) is 3. The first-order valence-electron chi connectivity index (χ1n) is 4.89. The number of ether oxygens (including phenoxy) is 1. The third-order valence-electron chi connectivity index (χ3n) is 2.70. The van der Waals surface area contributed by atoms with Crippen molar-refractivity contribution in [2.24, 2.45) is 0 Å². The first kappa shape index (κ1) is 9.83. The molecule has 0 saturated heterocycles. The summed E-state index contributed by atoms with van der Waals surface area (Å²) < 4.78 is 5.15. The molecule has 2 rings (SSSR count). The highest BCUT2D eigenvalue weighted by molar-refractivity contribution is 5.95. The van der Waals surface area contributed by atoms with Gasteiger partial charge in [0.1, 0.15) is 5.75 Å². The van der Waals surface area contributed by atoms with E-state index in [-0.39, 0.29) is 11.8 Å². The number of nitrogen functional groups attached to an aromatic ring is 1. The van der Waals surface area contributed by atoms with Crippen LogP contribution in [0.25, 0.3) is 0 Å². The van der Waals surface area contributed by atoms with E-state index in [4.69, 9.17) is 10.5 Å². The van der Waals surface area contributed by atoms with Gasteiger partial charge in [0.05, 0.1) is 12.8 Å². The minimum Gasteiger partial charge on any atom is -0.495 e. The summed E-state index contributed by atoms with van der Waals surface area (Å²) in [6.07, 6.45) is 0.514. The van der Waals surface area contributed by atoms with Crippen LogP contribution in [0.2, 0.25) is 0 Å². The van der Waals surface area contributed by atoms with Gasteiger partial charge in [-0.2, -0.15) is 0 Å². The Balaban J connectivity index is 2.51. The highest BCUT2D eigenvalue weighted by Gasteiger charge is 2.22. The molecule has 1 aromatic carbocycles. The van der Waals surface area contributed by atoms with Crippen LogP contribution in [0, 0.1) is 0 Å². The molecule has 4 nitrogen and oxygen atoms in total. The maximum atomic E-state index is 11.3. The Morgan fingerprint density at radius 1 is 1.53 bits per heavy atom. The average molecular weight is 206 g/mol. The molecule has 0 radical (unpaired) electrons. The Bertz CT molecular complexity index is 415. The molecule has 3 N–H and O–H groups in total. The fraction of sp³-hybridized carbons (Fsp3) is 0.364. The molecule has 1 aliphatic rings. The van der Waals surface area contributed by atoms with Crippen LogP contribution >= 0.6 is 0 Å². The van der Waals surface area contributed by atoms with E-state index in [9.17, 15) is 4.79 Å². The Hall–Kier alpha value is -1.71. The lowest BCUT2D eigenvalue weighted by molar-refractivity contribution is -0.116. The molecule has 0 aliphatic carbocycles. The second-order valence-corrected chi connectivity index (χ2v) is 3.83. The number of carbonyl (C=O) groups is 1. The van der Waals surface area contributed by atoms with E-state index >= 15 is 0 Å². The lowest BCUT2D eigenvalue weighted by Gasteiger charge is -2.23. The van der Waals surface area contributed by atoms with E-state index in [1.165, 1.54) is 0 Å². The van der Waals surface area contributed by atoms with E-state index in [2.05, 4.69) is 5.32 Å². The van der Waals surface area contributed by atoms with Crippen molar-refractivity contribution in [3.8, 4) is 5.75 Å². The van der Waals surface area contributed by atoms with E-state index < -0.39 is 0 Å². The van der Waals surface area contributed by atoms with Gasteiger partial charge in [-0.3, -0.25) is 4.79 Å². The SMILES string of the molecule is COc1cc2c(cc1N)NC(=O)CC2C. The number of nitrogens with one attached hydrogen (secondary N) is 1. The van der Waals surface area contributed by atoms with Gasteiger partial charge in [-0.1, -0.05) is 6.92 Å². The number of anilines is 2. The van der Waals surface area contributed by atoms with Crippen LogP contribution in [0.5, 0.6) is 5.75 Å². The minimum atomic E-state index is 0.0413. The standard InChI is InChI=1S/C11H14N2O2/c1-6-3-11(14)13-9-5-8(12)10(15-2)4-7(6)9/h4-6H,3,12H2,1-2H3,(H,13,14). The van der Waals surface area contributed by atoms with Gasteiger partial charge in [-0.05, 0) is 23.6 Å². The van der Waals surface area contributed by atoms with Crippen molar-refractivity contribution >= 4 is 17.3 Å². The molecule has 4 heteroatoms. The van der Waals surface area contributed by atoms with Gasteiger partial charge < -0.3 is 15.8 Å². The summed E-state index contributed by atoms with van der Waals surface area (Å²) in [7, 11) is 1.59. The number of rotatable bonds is 1. The number of fused-ring (bicyclic) bond motifs is 1. The third kappa shape index (κ3) is 1.63. The largest absolute Gasteiger partial charge is 0.495 e. The third-order valence-corrected chi connectivity index (χ3v) is 2.70. The first-order valence-corrected chi connectivity index (χ1v) is 4.89. The second kappa shape index (κ2) is 3.46. The summed E-state index contributed by atoms with van der Waals surface area (Å²) in [5.74, 6) is 0.916. The van der Waals surface area contributed by atoms with Gasteiger partial charge in [-0.25, -0.2) is 0 Å². The highest BCUT2D eigenvalue weighted by Crippen LogP contribution is 2.37. The van der Waals surface area contributed by atoms with Crippen molar-refractivity contribution in [3.05, 3.63) is 17.7 Å². The quantitative estimate of drug-likeness (QED) is 0.688. The molecule has 1 aromatic rings. The lowest BCUT2D eigenvalue weighted by atomic mass is 9.92. The van der Waals surface area contributed by atoms with Crippen LogP contribution in [0.1, 0.15) is 24.8 Å². The normalized spacial score (nSPS) is 19.3. The molecule has 0 fully saturated rings. The average Bonchev–Trinajstić information content (AvgIpc) is 2.16. The van der Waals surface area contributed by atoms with E-state index in [1.807, 2.05) is 13.0 Å². The smallest absolute Gasteiger partial charge is 0.224 e. The lowest BCUT2D eigenvalue weighted by Crippen LogP contribution is -2.21. The van der Waals surface area contributed by atoms with Crippen LogP contribution in [-0.4, -0.2) is 13.0 Å². The molecule has 15 heavy (non-hydrogen) atoms. The Morgan fingerprint density at radius 2 is 2.27 bits per heavy atom. The van der Waals surface area contributed by atoms with Gasteiger partial charge in [0, 0.05) is 12.1 Å². The number of methoxy groups -OCH3 is 1. The number of amides is 1. The molecule has 1 aliphatic heterocycles. The molecule has 1 unspecified atom stereocenters. The molecular formula is C11H14N2O2. The van der Waals surface area contributed by atoms with Gasteiger partial charge in [-0.15, -0.1) is 0 Å². The van der Waals surface area contributed by atoms with Gasteiger partial charge >= 0.3 is 0 Å². The topological polar surface area (TPSA) is 64.3 Å².